The molecule has 2 fully saturated rings. The van der Waals surface area contributed by atoms with Crippen molar-refractivity contribution in [2.75, 3.05) is 32.0 Å². The summed E-state index contributed by atoms with van der Waals surface area (Å²) in [5.41, 5.74) is 2.38. The molecule has 0 radical (unpaired) electrons. The lowest BCUT2D eigenvalue weighted by Gasteiger charge is -2.48. The highest BCUT2D eigenvalue weighted by atomic mass is 16.2. The van der Waals surface area contributed by atoms with E-state index in [0.29, 0.717) is 25.2 Å². The van der Waals surface area contributed by atoms with Crippen molar-refractivity contribution >= 4 is 23.5 Å². The van der Waals surface area contributed by atoms with Crippen molar-refractivity contribution in [1.82, 2.24) is 10.2 Å². The van der Waals surface area contributed by atoms with Gasteiger partial charge in [-0.2, -0.15) is 0 Å². The number of carbonyl (C=O) groups is 2. The van der Waals surface area contributed by atoms with Crippen LogP contribution in [-0.2, 0) is 15.1 Å². The van der Waals surface area contributed by atoms with Gasteiger partial charge in [0, 0.05) is 42.4 Å². The van der Waals surface area contributed by atoms with Crippen molar-refractivity contribution in [3.8, 4) is 0 Å². The van der Waals surface area contributed by atoms with Gasteiger partial charge in [0.25, 0.3) is 5.91 Å². The molecule has 3 heterocycles. The van der Waals surface area contributed by atoms with Crippen molar-refractivity contribution in [2.24, 2.45) is 5.41 Å². The van der Waals surface area contributed by atoms with Gasteiger partial charge in [-0.25, -0.2) is 0 Å². The minimum absolute atomic E-state index is 0.0557. The summed E-state index contributed by atoms with van der Waals surface area (Å²) in [5.74, 6) is -0.207. The van der Waals surface area contributed by atoms with Gasteiger partial charge in [-0.1, -0.05) is 78.9 Å². The Balaban J connectivity index is 1.61. The van der Waals surface area contributed by atoms with Gasteiger partial charge in [0.05, 0.1) is 5.41 Å². The first-order chi connectivity index (χ1) is 16.6. The van der Waals surface area contributed by atoms with Crippen molar-refractivity contribution in [3.63, 3.8) is 0 Å². The van der Waals surface area contributed by atoms with Gasteiger partial charge in [-0.05, 0) is 30.3 Å². The molecule has 34 heavy (non-hydrogen) atoms. The monoisotopic (exact) mass is 449 g/mol. The molecule has 0 unspecified atom stereocenters. The zero-order chi connectivity index (χ0) is 23.3. The summed E-state index contributed by atoms with van der Waals surface area (Å²) in [6.45, 7) is 1.53. The molecule has 6 rings (SSSR count). The maximum atomic E-state index is 14.7. The van der Waals surface area contributed by atoms with Crippen LogP contribution in [0.4, 0.5) is 5.69 Å². The Kier molecular flexibility index (Phi) is 4.80. The molecule has 3 aliphatic heterocycles. The van der Waals surface area contributed by atoms with Crippen LogP contribution in [0.2, 0.25) is 0 Å². The molecule has 3 atom stereocenters. The Hall–Kier alpha value is -3.54. The van der Waals surface area contributed by atoms with E-state index in [2.05, 4.69) is 27.7 Å². The lowest BCUT2D eigenvalue weighted by molar-refractivity contribution is -0.143. The van der Waals surface area contributed by atoms with E-state index in [-0.39, 0.29) is 17.6 Å². The molecule has 0 bridgehead atoms. The third-order valence-electron chi connectivity index (χ3n) is 7.92. The summed E-state index contributed by atoms with van der Waals surface area (Å²) >= 11 is 0. The zero-order valence-electron chi connectivity index (χ0n) is 19.1. The minimum Gasteiger partial charge on any atom is -0.324 e. The quantitative estimate of drug-likeness (QED) is 0.584. The number of nitrogens with zero attached hydrogens (tertiary/aromatic N) is 1. The Morgan fingerprint density at radius 2 is 1.59 bits per heavy atom. The van der Waals surface area contributed by atoms with Crippen LogP contribution in [0.25, 0.3) is 6.08 Å². The van der Waals surface area contributed by atoms with Crippen molar-refractivity contribution in [3.05, 3.63) is 107 Å². The summed E-state index contributed by atoms with van der Waals surface area (Å²) in [7, 11) is 1.98. The number of carbonyl (C=O) groups excluding carboxylic acids is 2. The van der Waals surface area contributed by atoms with E-state index in [4.69, 9.17) is 0 Å². The lowest BCUT2D eigenvalue weighted by Crippen LogP contribution is -2.65. The van der Waals surface area contributed by atoms with Gasteiger partial charge < -0.3 is 10.6 Å². The molecule has 5 nitrogen and oxygen atoms in total. The number of fused-ring (bicyclic) bond motifs is 3. The maximum Gasteiger partial charge on any atom is 0.250 e. The number of likely N-dealkylation sites (tertiary alicyclic amines) is 1. The number of amides is 1. The second kappa shape index (κ2) is 7.76. The van der Waals surface area contributed by atoms with E-state index in [0.717, 1.165) is 22.4 Å². The first-order valence-electron chi connectivity index (χ1n) is 11.8. The minimum atomic E-state index is -1.09. The van der Waals surface area contributed by atoms with E-state index in [1.165, 1.54) is 0 Å². The molecule has 5 heteroatoms. The molecule has 0 aromatic heterocycles. The third kappa shape index (κ3) is 2.68. The SMILES string of the molecule is CN1C[C@@H](c2ccccc2)[C@@]2(CNC/C(=C\c3ccccc3)C2=O)[C@@]12C(=O)Nc1ccccc12. The molecule has 2 spiro atoms. The fourth-order valence-electron chi connectivity index (χ4n) is 6.58. The number of rotatable bonds is 2. The number of para-hydroxylation sites is 1. The van der Waals surface area contributed by atoms with E-state index < -0.39 is 11.0 Å². The number of hydrogen-bond acceptors (Lipinski definition) is 4. The van der Waals surface area contributed by atoms with Gasteiger partial charge >= 0.3 is 0 Å². The van der Waals surface area contributed by atoms with Crippen LogP contribution >= 0.6 is 0 Å². The molecule has 170 valence electrons. The standard InChI is InChI=1S/C29H27N3O2/c1-32-18-24(21-12-6-3-7-13-21)28(29(32)23-14-8-9-15-25(23)31-27(29)34)19-30-17-22(26(28)33)16-20-10-4-2-5-11-20/h2-16,24,30H,17-19H2,1H3,(H,31,34)/b22-16+/t24-,28+,29+/m0/s1. The predicted molar refractivity (Wildman–Crippen MR) is 133 cm³/mol. The second-order valence-electron chi connectivity index (χ2n) is 9.54. The number of nitrogens with one attached hydrogen (secondary N) is 2. The van der Waals surface area contributed by atoms with Crippen LogP contribution in [0, 0.1) is 5.41 Å². The van der Waals surface area contributed by atoms with Gasteiger partial charge in [-0.15, -0.1) is 0 Å². The highest BCUT2D eigenvalue weighted by Crippen LogP contribution is 2.63. The Bertz CT molecular complexity index is 1300. The normalized spacial score (nSPS) is 29.7. The molecule has 3 aromatic carbocycles. The Morgan fingerprint density at radius 3 is 2.35 bits per heavy atom. The number of anilines is 1. The molecule has 1 amide bonds. The van der Waals surface area contributed by atoms with Gasteiger partial charge in [0.1, 0.15) is 5.54 Å². The summed E-state index contributed by atoms with van der Waals surface area (Å²) in [6, 6.07) is 27.9. The zero-order valence-corrected chi connectivity index (χ0v) is 19.1. The lowest BCUT2D eigenvalue weighted by atomic mass is 9.56. The van der Waals surface area contributed by atoms with Crippen molar-refractivity contribution in [2.45, 2.75) is 11.5 Å². The second-order valence-corrected chi connectivity index (χ2v) is 9.54. The number of likely N-dealkylation sites (N-methyl/N-ethyl adjacent to an activating group) is 1. The van der Waals surface area contributed by atoms with Crippen LogP contribution in [0.3, 0.4) is 0 Å². The van der Waals surface area contributed by atoms with Gasteiger partial charge in [0.15, 0.2) is 5.78 Å². The van der Waals surface area contributed by atoms with Crippen LogP contribution in [0.1, 0.15) is 22.6 Å². The van der Waals surface area contributed by atoms with Gasteiger partial charge in [0.2, 0.25) is 0 Å². The molecule has 0 aliphatic carbocycles. The molecule has 2 N–H and O–H groups in total. The Labute approximate surface area is 199 Å². The fourth-order valence-corrected chi connectivity index (χ4v) is 6.58. The van der Waals surface area contributed by atoms with Crippen molar-refractivity contribution in [1.29, 1.82) is 0 Å². The van der Waals surface area contributed by atoms with Crippen LogP contribution in [0.5, 0.6) is 0 Å². The van der Waals surface area contributed by atoms with Gasteiger partial charge in [-0.3, -0.25) is 14.5 Å². The first kappa shape index (κ1) is 21.0. The number of Topliss-reactive ketones (excluding diaryl/α,β-unsaturated/α-hetero) is 1. The van der Waals surface area contributed by atoms with E-state index >= 15 is 0 Å². The summed E-state index contributed by atoms with van der Waals surface area (Å²) in [4.78, 5) is 30.8. The number of ketones is 1. The first-order valence-corrected chi connectivity index (χ1v) is 11.8. The van der Waals surface area contributed by atoms with Crippen molar-refractivity contribution < 1.29 is 9.59 Å². The average Bonchev–Trinajstić information content (AvgIpc) is 3.31. The molecular weight excluding hydrogens is 422 g/mol. The molecule has 3 aliphatic rings. The van der Waals surface area contributed by atoms with Crippen LogP contribution < -0.4 is 10.6 Å². The average molecular weight is 450 g/mol. The molecule has 3 aromatic rings. The largest absolute Gasteiger partial charge is 0.324 e. The van der Waals surface area contributed by atoms with E-state index in [1.54, 1.807) is 0 Å². The molecular formula is C29H27N3O2. The molecule has 2 saturated heterocycles. The number of benzene rings is 3. The maximum absolute atomic E-state index is 14.7. The molecule has 0 saturated carbocycles. The van der Waals surface area contributed by atoms with Crippen LogP contribution in [-0.4, -0.2) is 43.3 Å². The smallest absolute Gasteiger partial charge is 0.250 e. The highest BCUT2D eigenvalue weighted by molar-refractivity contribution is 6.15. The fraction of sp³-hybridized carbons (Fsp3) is 0.241. The number of piperidine rings is 1. The van der Waals surface area contributed by atoms with Crippen LogP contribution in [0.15, 0.2) is 90.5 Å². The number of hydrogen-bond donors (Lipinski definition) is 2. The predicted octanol–water partition coefficient (Wildman–Crippen LogP) is 3.81. The summed E-state index contributed by atoms with van der Waals surface area (Å²) in [6.07, 6.45) is 1.98. The van der Waals surface area contributed by atoms with E-state index in [9.17, 15) is 9.59 Å². The highest BCUT2D eigenvalue weighted by Gasteiger charge is 2.74. The summed E-state index contributed by atoms with van der Waals surface area (Å²) < 4.78 is 0. The Morgan fingerprint density at radius 1 is 0.912 bits per heavy atom. The van der Waals surface area contributed by atoms with E-state index in [1.807, 2.05) is 85.9 Å². The summed E-state index contributed by atoms with van der Waals surface area (Å²) in [5, 5.41) is 6.65. The topological polar surface area (TPSA) is 61.4 Å². The third-order valence-corrected chi connectivity index (χ3v) is 7.92.